The van der Waals surface area contributed by atoms with Gasteiger partial charge in [0.05, 0.1) is 12.4 Å². The summed E-state index contributed by atoms with van der Waals surface area (Å²) in [6.45, 7) is 0. The number of hydrogen-bond donors (Lipinski definition) is 1. The molecule has 0 saturated carbocycles. The number of fused-ring (bicyclic) bond motifs is 1. The van der Waals surface area contributed by atoms with Gasteiger partial charge in [-0.1, -0.05) is 30.3 Å². The van der Waals surface area contributed by atoms with E-state index < -0.39 is 23.0 Å². The number of aliphatic imine (C=N–C) groups is 1. The lowest BCUT2D eigenvalue weighted by atomic mass is 9.77. The number of hydrogen-bond acceptors (Lipinski definition) is 4. The minimum Gasteiger partial charge on any atom is -0.383 e. The predicted octanol–water partition coefficient (Wildman–Crippen LogP) is 4.57. The first-order valence-electron chi connectivity index (χ1n) is 9.47. The second-order valence-corrected chi connectivity index (χ2v) is 7.20. The molecule has 3 heterocycles. The Bertz CT molecular complexity index is 1350. The standard InChI is InChI=1S/C24H15F3N4/c25-16-9-14(11-30-12-16)18-10-15(5-6-21(18)26)24(20-7-8-29-13-22(20)27)19-4-2-1-3-17(19)23(28)31-24/h1-13H,(H2,28,31). The van der Waals surface area contributed by atoms with Crippen molar-refractivity contribution in [2.75, 3.05) is 0 Å². The molecule has 2 N–H and O–H groups in total. The third-order valence-corrected chi connectivity index (χ3v) is 5.44. The Kier molecular flexibility index (Phi) is 4.32. The molecule has 0 bridgehead atoms. The molecule has 152 valence electrons. The van der Waals surface area contributed by atoms with Gasteiger partial charge in [0, 0.05) is 34.6 Å². The van der Waals surface area contributed by atoms with E-state index in [1.807, 2.05) is 18.2 Å². The summed E-state index contributed by atoms with van der Waals surface area (Å²) in [5, 5.41) is 0. The Balaban J connectivity index is 1.84. The van der Waals surface area contributed by atoms with Gasteiger partial charge in [-0.05, 0) is 35.4 Å². The Labute approximate surface area is 175 Å². The summed E-state index contributed by atoms with van der Waals surface area (Å²) >= 11 is 0. The van der Waals surface area contributed by atoms with Gasteiger partial charge in [0.15, 0.2) is 0 Å². The highest BCUT2D eigenvalue weighted by molar-refractivity contribution is 6.03. The van der Waals surface area contributed by atoms with E-state index in [-0.39, 0.29) is 22.5 Å². The van der Waals surface area contributed by atoms with Crippen molar-refractivity contribution < 1.29 is 13.2 Å². The van der Waals surface area contributed by atoms with Crippen LogP contribution in [0.15, 0.2) is 84.4 Å². The van der Waals surface area contributed by atoms with Crippen LogP contribution in [0, 0.1) is 17.5 Å². The molecule has 5 rings (SSSR count). The zero-order chi connectivity index (χ0) is 21.6. The third kappa shape index (κ3) is 2.89. The van der Waals surface area contributed by atoms with E-state index >= 15 is 4.39 Å². The molecule has 2 aromatic heterocycles. The summed E-state index contributed by atoms with van der Waals surface area (Å²) < 4.78 is 43.5. The van der Waals surface area contributed by atoms with Gasteiger partial charge < -0.3 is 5.73 Å². The molecule has 2 aromatic carbocycles. The number of nitrogens with zero attached hydrogens (tertiary/aromatic N) is 3. The van der Waals surface area contributed by atoms with Gasteiger partial charge in [-0.3, -0.25) is 9.97 Å². The highest BCUT2D eigenvalue weighted by atomic mass is 19.1. The first-order valence-corrected chi connectivity index (χ1v) is 9.47. The number of pyridine rings is 2. The predicted molar refractivity (Wildman–Crippen MR) is 111 cm³/mol. The number of aromatic nitrogens is 2. The van der Waals surface area contributed by atoms with E-state index in [4.69, 9.17) is 5.73 Å². The minimum absolute atomic E-state index is 0.122. The lowest BCUT2D eigenvalue weighted by Crippen LogP contribution is -2.27. The average molecular weight is 416 g/mol. The molecular formula is C24H15F3N4. The fourth-order valence-corrected chi connectivity index (χ4v) is 4.10. The molecule has 1 atom stereocenters. The van der Waals surface area contributed by atoms with Crippen LogP contribution in [0.5, 0.6) is 0 Å². The van der Waals surface area contributed by atoms with Crippen LogP contribution in [-0.2, 0) is 5.54 Å². The lowest BCUT2D eigenvalue weighted by Gasteiger charge is -2.29. The SMILES string of the molecule is NC1=NC(c2ccc(F)c(-c3cncc(F)c3)c2)(c2ccncc2F)c2ccccc21. The molecule has 0 saturated heterocycles. The number of rotatable bonds is 3. The van der Waals surface area contributed by atoms with Crippen LogP contribution in [0.1, 0.15) is 22.3 Å². The first-order chi connectivity index (χ1) is 15.0. The molecule has 0 fully saturated rings. The van der Waals surface area contributed by atoms with Crippen molar-refractivity contribution in [3.63, 3.8) is 0 Å². The molecule has 0 spiro atoms. The summed E-state index contributed by atoms with van der Waals surface area (Å²) in [6.07, 6.45) is 4.97. The average Bonchev–Trinajstić information content (AvgIpc) is 3.08. The molecule has 4 nitrogen and oxygen atoms in total. The first kappa shape index (κ1) is 19.0. The molecule has 4 aromatic rings. The maximum atomic E-state index is 15.0. The monoisotopic (exact) mass is 416 g/mol. The van der Waals surface area contributed by atoms with Crippen LogP contribution in [0.25, 0.3) is 11.1 Å². The molecule has 0 aliphatic carbocycles. The van der Waals surface area contributed by atoms with Crippen LogP contribution in [-0.4, -0.2) is 15.8 Å². The van der Waals surface area contributed by atoms with E-state index in [0.29, 0.717) is 16.7 Å². The van der Waals surface area contributed by atoms with Gasteiger partial charge in [-0.2, -0.15) is 0 Å². The number of amidine groups is 1. The summed E-state index contributed by atoms with van der Waals surface area (Å²) in [7, 11) is 0. The van der Waals surface area contributed by atoms with Crippen LogP contribution in [0.2, 0.25) is 0 Å². The maximum Gasteiger partial charge on any atom is 0.147 e. The highest BCUT2D eigenvalue weighted by Crippen LogP contribution is 2.47. The molecule has 1 aliphatic heterocycles. The summed E-state index contributed by atoms with van der Waals surface area (Å²) in [6, 6.07) is 14.3. The van der Waals surface area contributed by atoms with Crippen LogP contribution >= 0.6 is 0 Å². The Hall–Kier alpha value is -4.00. The molecule has 1 unspecified atom stereocenters. The second-order valence-electron chi connectivity index (χ2n) is 7.20. The molecule has 7 heteroatoms. The van der Waals surface area contributed by atoms with Crippen molar-refractivity contribution in [2.45, 2.75) is 5.54 Å². The van der Waals surface area contributed by atoms with Crippen molar-refractivity contribution >= 4 is 5.84 Å². The maximum absolute atomic E-state index is 15.0. The van der Waals surface area contributed by atoms with Gasteiger partial charge >= 0.3 is 0 Å². The van der Waals surface area contributed by atoms with Crippen molar-refractivity contribution in [2.24, 2.45) is 10.7 Å². The van der Waals surface area contributed by atoms with Crippen molar-refractivity contribution in [3.05, 3.63) is 119 Å². The fraction of sp³-hybridized carbons (Fsp3) is 0.0417. The molecular weight excluding hydrogens is 401 g/mol. The smallest absolute Gasteiger partial charge is 0.147 e. The second kappa shape index (κ2) is 7.05. The van der Waals surface area contributed by atoms with Gasteiger partial charge in [0.2, 0.25) is 0 Å². The minimum atomic E-state index is -1.35. The number of nitrogens with two attached hydrogens (primary N) is 1. The van der Waals surface area contributed by atoms with E-state index in [1.54, 1.807) is 6.07 Å². The molecule has 0 amide bonds. The van der Waals surface area contributed by atoms with Gasteiger partial charge in [-0.25, -0.2) is 18.2 Å². The summed E-state index contributed by atoms with van der Waals surface area (Å²) in [4.78, 5) is 12.3. The zero-order valence-corrected chi connectivity index (χ0v) is 16.1. The van der Waals surface area contributed by atoms with Gasteiger partial charge in [-0.15, -0.1) is 0 Å². The van der Waals surface area contributed by atoms with E-state index in [2.05, 4.69) is 15.0 Å². The quantitative estimate of drug-likeness (QED) is 0.532. The molecule has 0 radical (unpaired) electrons. The number of benzene rings is 2. The fourth-order valence-electron chi connectivity index (χ4n) is 4.10. The van der Waals surface area contributed by atoms with E-state index in [0.717, 1.165) is 12.4 Å². The summed E-state index contributed by atoms with van der Waals surface area (Å²) in [5.74, 6) is -1.49. The number of halogens is 3. The topological polar surface area (TPSA) is 64.2 Å². The van der Waals surface area contributed by atoms with Crippen LogP contribution in [0.4, 0.5) is 13.2 Å². The van der Waals surface area contributed by atoms with Gasteiger partial charge in [0.1, 0.15) is 28.8 Å². The Morgan fingerprint density at radius 3 is 2.39 bits per heavy atom. The van der Waals surface area contributed by atoms with E-state index in [9.17, 15) is 8.78 Å². The Morgan fingerprint density at radius 1 is 0.742 bits per heavy atom. The Morgan fingerprint density at radius 2 is 1.58 bits per heavy atom. The third-order valence-electron chi connectivity index (χ3n) is 5.44. The normalized spacial score (nSPS) is 17.3. The van der Waals surface area contributed by atoms with E-state index in [1.165, 1.54) is 42.7 Å². The van der Waals surface area contributed by atoms with Gasteiger partial charge in [0.25, 0.3) is 0 Å². The van der Waals surface area contributed by atoms with Crippen molar-refractivity contribution in [3.8, 4) is 11.1 Å². The van der Waals surface area contributed by atoms with Crippen LogP contribution in [0.3, 0.4) is 0 Å². The van der Waals surface area contributed by atoms with Crippen LogP contribution < -0.4 is 5.73 Å². The van der Waals surface area contributed by atoms with Crippen molar-refractivity contribution in [1.82, 2.24) is 9.97 Å². The zero-order valence-electron chi connectivity index (χ0n) is 16.1. The largest absolute Gasteiger partial charge is 0.383 e. The summed E-state index contributed by atoms with van der Waals surface area (Å²) in [5.41, 5.74) is 7.28. The molecule has 1 aliphatic rings. The highest BCUT2D eigenvalue weighted by Gasteiger charge is 2.44. The van der Waals surface area contributed by atoms with Crippen molar-refractivity contribution in [1.29, 1.82) is 0 Å². The lowest BCUT2D eigenvalue weighted by molar-refractivity contribution is 0.554. The molecule has 31 heavy (non-hydrogen) atoms.